The van der Waals surface area contributed by atoms with Crippen LogP contribution in [-0.4, -0.2) is 49.8 Å². The van der Waals surface area contributed by atoms with Crippen LogP contribution in [0.25, 0.3) is 5.69 Å². The average Bonchev–Trinajstić information content (AvgIpc) is 3.31. The van der Waals surface area contributed by atoms with Crippen molar-refractivity contribution >= 4 is 21.6 Å². The molecule has 2 unspecified atom stereocenters. The number of aromatic nitrogens is 2. The molecule has 13 heteroatoms. The van der Waals surface area contributed by atoms with E-state index in [0.29, 0.717) is 34.7 Å². The molecule has 2 atom stereocenters. The molecule has 3 aromatic rings. The lowest BCUT2D eigenvalue weighted by molar-refractivity contribution is -0.149. The number of ether oxygens (including phenoxy) is 1. The van der Waals surface area contributed by atoms with E-state index in [0.717, 1.165) is 6.26 Å². The summed E-state index contributed by atoms with van der Waals surface area (Å²) in [6.07, 6.45) is -1.89. The third kappa shape index (κ3) is 5.87. The lowest BCUT2D eigenvalue weighted by Crippen LogP contribution is -2.55. The number of rotatable bonds is 7. The molecule has 0 fully saturated rings. The highest BCUT2D eigenvalue weighted by Gasteiger charge is 2.49. The number of hydrogen-bond donors (Lipinski definition) is 1. The van der Waals surface area contributed by atoms with E-state index in [9.17, 15) is 30.8 Å². The first kappa shape index (κ1) is 28.4. The molecule has 1 aliphatic heterocycles. The molecule has 1 aromatic heterocycles. The number of carbonyl (C=O) groups excluding carboxylic acids is 1. The minimum atomic E-state index is -4.70. The maximum atomic E-state index is 14.1. The van der Waals surface area contributed by atoms with E-state index in [1.54, 1.807) is 0 Å². The fraction of sp³-hybridized carbons (Fsp3) is 0.385. The molecule has 210 valence electrons. The van der Waals surface area contributed by atoms with Gasteiger partial charge in [-0.1, -0.05) is 19.4 Å². The molecule has 2 amide bonds. The Bertz CT molecular complexity index is 1460. The summed E-state index contributed by atoms with van der Waals surface area (Å²) in [4.78, 5) is 14.2. The molecule has 4 rings (SSSR count). The highest BCUT2D eigenvalue weighted by Crippen LogP contribution is 2.39. The number of nitrogens with zero attached hydrogens (tertiary/aromatic N) is 3. The Balaban J connectivity index is 1.71. The van der Waals surface area contributed by atoms with E-state index in [1.165, 1.54) is 60.5 Å². The van der Waals surface area contributed by atoms with Gasteiger partial charge in [-0.15, -0.1) is 0 Å². The number of urea groups is 1. The zero-order valence-corrected chi connectivity index (χ0v) is 22.3. The Kier molecular flexibility index (Phi) is 7.92. The van der Waals surface area contributed by atoms with Crippen molar-refractivity contribution in [3.63, 3.8) is 0 Å². The molecule has 39 heavy (non-hydrogen) atoms. The summed E-state index contributed by atoms with van der Waals surface area (Å²) in [7, 11) is -2.29. The van der Waals surface area contributed by atoms with Crippen molar-refractivity contribution in [2.24, 2.45) is 0 Å². The van der Waals surface area contributed by atoms with Gasteiger partial charge in [-0.05, 0) is 61.2 Å². The number of methoxy groups -OCH3 is 1. The quantitative estimate of drug-likeness (QED) is 0.388. The number of anilines is 1. The van der Waals surface area contributed by atoms with E-state index in [4.69, 9.17) is 4.74 Å². The number of nitrogens with one attached hydrogen (secondary N) is 1. The van der Waals surface area contributed by atoms with Crippen molar-refractivity contribution in [3.8, 4) is 11.4 Å². The number of sulfone groups is 1. The van der Waals surface area contributed by atoms with Crippen molar-refractivity contribution in [1.82, 2.24) is 15.1 Å². The summed E-state index contributed by atoms with van der Waals surface area (Å²) in [6.45, 7) is 1.85. The van der Waals surface area contributed by atoms with Crippen LogP contribution in [0.3, 0.4) is 0 Å². The van der Waals surface area contributed by atoms with Crippen molar-refractivity contribution in [2.75, 3.05) is 18.3 Å². The zero-order valence-electron chi connectivity index (χ0n) is 21.5. The molecule has 8 nitrogen and oxygen atoms in total. The molecule has 2 heterocycles. The number of carbonyl (C=O) groups is 1. The fourth-order valence-electron chi connectivity index (χ4n) is 4.77. The zero-order chi connectivity index (χ0) is 28.5. The van der Waals surface area contributed by atoms with E-state index >= 15 is 0 Å². The van der Waals surface area contributed by atoms with Gasteiger partial charge in [0.15, 0.2) is 9.84 Å². The number of hydrogen-bond acceptors (Lipinski definition) is 5. The van der Waals surface area contributed by atoms with Gasteiger partial charge in [0.05, 0.1) is 36.4 Å². The summed E-state index contributed by atoms with van der Waals surface area (Å²) in [5.41, 5.74) is 1.33. The first-order valence-corrected chi connectivity index (χ1v) is 14.1. The highest BCUT2D eigenvalue weighted by atomic mass is 32.2. The maximum Gasteiger partial charge on any atom is 0.409 e. The lowest BCUT2D eigenvalue weighted by atomic mass is 9.99. The van der Waals surface area contributed by atoms with Crippen LogP contribution < -0.4 is 15.0 Å². The van der Waals surface area contributed by atoms with Gasteiger partial charge in [-0.3, -0.25) is 4.90 Å². The summed E-state index contributed by atoms with van der Waals surface area (Å²) in [5, 5.41) is 6.92. The third-order valence-corrected chi connectivity index (χ3v) is 7.74. The van der Waals surface area contributed by atoms with Crippen LogP contribution in [0.5, 0.6) is 5.75 Å². The monoisotopic (exact) mass is 568 g/mol. The average molecular weight is 569 g/mol. The van der Waals surface area contributed by atoms with Crippen LogP contribution in [0, 0.1) is 5.82 Å². The van der Waals surface area contributed by atoms with Crippen molar-refractivity contribution in [3.05, 3.63) is 65.7 Å². The largest absolute Gasteiger partial charge is 0.495 e. The first-order chi connectivity index (χ1) is 18.3. The second-order valence-electron chi connectivity index (χ2n) is 9.30. The predicted molar refractivity (Wildman–Crippen MR) is 136 cm³/mol. The van der Waals surface area contributed by atoms with Gasteiger partial charge >= 0.3 is 12.2 Å². The number of alkyl halides is 3. The molecular formula is C26H28F4N4O4S. The van der Waals surface area contributed by atoms with Gasteiger partial charge in [-0.25, -0.2) is 22.3 Å². The van der Waals surface area contributed by atoms with Gasteiger partial charge < -0.3 is 10.1 Å². The SMILES string of the molecule is CCCC(NC(=O)N1c2cnn(-c3ccc(F)cc3)c2CCC1C(F)(F)F)c1ccc(S(C)(=O)=O)c(OC)c1. The molecule has 2 aromatic carbocycles. The van der Waals surface area contributed by atoms with Crippen molar-refractivity contribution in [2.45, 2.75) is 55.8 Å². The lowest BCUT2D eigenvalue weighted by Gasteiger charge is -2.37. The van der Waals surface area contributed by atoms with E-state index in [2.05, 4.69) is 10.4 Å². The Hall–Kier alpha value is -3.61. The molecule has 0 saturated heterocycles. The second kappa shape index (κ2) is 10.9. The van der Waals surface area contributed by atoms with Crippen LogP contribution in [0.4, 0.5) is 28.0 Å². The molecule has 0 aliphatic carbocycles. The minimum Gasteiger partial charge on any atom is -0.495 e. The second-order valence-corrected chi connectivity index (χ2v) is 11.3. The Morgan fingerprint density at radius 2 is 1.90 bits per heavy atom. The summed E-state index contributed by atoms with van der Waals surface area (Å²) in [6, 6.07) is 5.88. The molecular weight excluding hydrogens is 540 g/mol. The maximum absolute atomic E-state index is 14.1. The van der Waals surface area contributed by atoms with Crippen LogP contribution in [0.1, 0.15) is 43.5 Å². The Labute approximate surface area is 223 Å². The third-order valence-electron chi connectivity index (χ3n) is 6.61. The number of benzene rings is 2. The molecule has 0 radical (unpaired) electrons. The smallest absolute Gasteiger partial charge is 0.409 e. The number of fused-ring (bicyclic) bond motifs is 1. The predicted octanol–water partition coefficient (Wildman–Crippen LogP) is 5.36. The van der Waals surface area contributed by atoms with Gasteiger partial charge in [0, 0.05) is 6.26 Å². The molecule has 0 saturated carbocycles. The van der Waals surface area contributed by atoms with E-state index < -0.39 is 39.9 Å². The fourth-order valence-corrected chi connectivity index (χ4v) is 5.60. The van der Waals surface area contributed by atoms with Crippen molar-refractivity contribution < 1.29 is 35.5 Å². The topological polar surface area (TPSA) is 93.5 Å². The Morgan fingerprint density at radius 1 is 1.21 bits per heavy atom. The first-order valence-electron chi connectivity index (χ1n) is 12.2. The normalized spacial score (nSPS) is 16.5. The highest BCUT2D eigenvalue weighted by molar-refractivity contribution is 7.90. The molecule has 1 N–H and O–H groups in total. The van der Waals surface area contributed by atoms with Gasteiger partial charge in [0.2, 0.25) is 0 Å². The minimum absolute atomic E-state index is 0.00318. The molecule has 1 aliphatic rings. The molecule has 0 spiro atoms. The van der Waals surface area contributed by atoms with Gasteiger partial charge in [-0.2, -0.15) is 18.3 Å². The van der Waals surface area contributed by atoms with Crippen LogP contribution >= 0.6 is 0 Å². The Morgan fingerprint density at radius 3 is 2.49 bits per heavy atom. The summed E-state index contributed by atoms with van der Waals surface area (Å²) >= 11 is 0. The van der Waals surface area contributed by atoms with Gasteiger partial charge in [0.1, 0.15) is 22.5 Å². The van der Waals surface area contributed by atoms with Crippen molar-refractivity contribution in [1.29, 1.82) is 0 Å². The summed E-state index contributed by atoms with van der Waals surface area (Å²) < 4.78 is 86.6. The standard InChI is InChI=1S/C26H28F4N4O4S/c1-4-5-19(16-6-12-23(39(3,36)37)22(14-16)38-2)32-25(35)33-21-15-31-34(18-9-7-17(27)8-10-18)20(21)11-13-24(33)26(28,29)30/h6-10,12,14-15,19,24H,4-5,11,13H2,1-3H3,(H,32,35). The van der Waals surface area contributed by atoms with Gasteiger partial charge in [0.25, 0.3) is 0 Å². The van der Waals surface area contributed by atoms with Crippen LogP contribution in [0.15, 0.2) is 53.6 Å². The molecule has 0 bridgehead atoms. The van der Waals surface area contributed by atoms with Crippen LogP contribution in [0.2, 0.25) is 0 Å². The van der Waals surface area contributed by atoms with E-state index in [-0.39, 0.29) is 29.2 Å². The number of halogens is 4. The number of amides is 2. The van der Waals surface area contributed by atoms with E-state index in [1.807, 2.05) is 6.92 Å². The van der Waals surface area contributed by atoms with Crippen LogP contribution in [-0.2, 0) is 16.3 Å². The summed E-state index contributed by atoms with van der Waals surface area (Å²) in [5.74, 6) is -0.402.